The summed E-state index contributed by atoms with van der Waals surface area (Å²) in [5.74, 6) is 6.58. The predicted molar refractivity (Wildman–Crippen MR) is 90.1 cm³/mol. The smallest absolute Gasteiger partial charge is 0.119 e. The molecule has 3 N–H and O–H groups in total. The number of rotatable bonds is 7. The summed E-state index contributed by atoms with van der Waals surface area (Å²) in [6.45, 7) is 0. The molecule has 0 bridgehead atoms. The van der Waals surface area contributed by atoms with Crippen LogP contribution in [-0.2, 0) is 6.42 Å². The van der Waals surface area contributed by atoms with Crippen molar-refractivity contribution in [3.63, 3.8) is 0 Å². The number of halogens is 1. The topological polar surface area (TPSA) is 47.3 Å². The van der Waals surface area contributed by atoms with Gasteiger partial charge in [-0.2, -0.15) is 0 Å². The van der Waals surface area contributed by atoms with Gasteiger partial charge in [-0.3, -0.25) is 11.3 Å². The Hall–Kier alpha value is -1.36. The summed E-state index contributed by atoms with van der Waals surface area (Å²) in [4.78, 5) is 0. The molecule has 2 aromatic carbocycles. The van der Waals surface area contributed by atoms with Crippen LogP contribution in [0.1, 0.15) is 30.0 Å². The van der Waals surface area contributed by atoms with E-state index in [1.54, 1.807) is 7.11 Å². The maximum absolute atomic E-state index is 5.73. The molecular weight excluding hydrogens is 328 g/mol. The van der Waals surface area contributed by atoms with Crippen molar-refractivity contribution < 1.29 is 4.74 Å². The average molecular weight is 349 g/mol. The van der Waals surface area contributed by atoms with Crippen molar-refractivity contribution in [2.75, 3.05) is 7.11 Å². The Labute approximate surface area is 134 Å². The second kappa shape index (κ2) is 8.17. The molecule has 0 aromatic heterocycles. The van der Waals surface area contributed by atoms with Gasteiger partial charge in [-0.05, 0) is 48.6 Å². The molecule has 0 saturated heterocycles. The van der Waals surface area contributed by atoms with Gasteiger partial charge < -0.3 is 4.74 Å². The van der Waals surface area contributed by atoms with Crippen LogP contribution in [0.3, 0.4) is 0 Å². The lowest BCUT2D eigenvalue weighted by molar-refractivity contribution is 0.412. The third-order valence-corrected chi connectivity index (χ3v) is 4.30. The molecule has 1 atom stereocenters. The van der Waals surface area contributed by atoms with E-state index < -0.39 is 0 Å². The Morgan fingerprint density at radius 3 is 2.62 bits per heavy atom. The molecule has 3 nitrogen and oxygen atoms in total. The molecule has 0 saturated carbocycles. The van der Waals surface area contributed by atoms with E-state index in [1.165, 1.54) is 5.56 Å². The Bertz CT molecular complexity index is 560. The van der Waals surface area contributed by atoms with Crippen molar-refractivity contribution in [2.24, 2.45) is 5.84 Å². The third kappa shape index (κ3) is 4.56. The number of hydrazine groups is 1. The van der Waals surface area contributed by atoms with Crippen LogP contribution in [0.15, 0.2) is 53.0 Å². The van der Waals surface area contributed by atoms with Crippen molar-refractivity contribution in [3.8, 4) is 5.75 Å². The van der Waals surface area contributed by atoms with Crippen LogP contribution in [0.4, 0.5) is 0 Å². The molecule has 0 aliphatic carbocycles. The van der Waals surface area contributed by atoms with E-state index in [0.717, 1.165) is 35.0 Å². The Morgan fingerprint density at radius 2 is 1.95 bits per heavy atom. The van der Waals surface area contributed by atoms with Crippen LogP contribution in [0.2, 0.25) is 0 Å². The summed E-state index contributed by atoms with van der Waals surface area (Å²) in [7, 11) is 1.67. The van der Waals surface area contributed by atoms with Gasteiger partial charge in [-0.15, -0.1) is 0 Å². The quantitative estimate of drug-likeness (QED) is 0.587. The van der Waals surface area contributed by atoms with Crippen molar-refractivity contribution >= 4 is 15.9 Å². The highest BCUT2D eigenvalue weighted by Crippen LogP contribution is 2.30. The molecule has 1 unspecified atom stereocenters. The molecule has 0 amide bonds. The number of nitrogens with one attached hydrogen (secondary N) is 1. The first kappa shape index (κ1) is 16.0. The number of aryl methyl sites for hydroxylation is 1. The van der Waals surface area contributed by atoms with E-state index in [2.05, 4.69) is 45.6 Å². The minimum Gasteiger partial charge on any atom is -0.497 e. The molecule has 0 aliphatic rings. The third-order valence-electron chi connectivity index (χ3n) is 3.58. The zero-order chi connectivity index (χ0) is 15.1. The first-order valence-corrected chi connectivity index (χ1v) is 7.87. The van der Waals surface area contributed by atoms with Gasteiger partial charge in [0.2, 0.25) is 0 Å². The van der Waals surface area contributed by atoms with Crippen molar-refractivity contribution in [2.45, 2.75) is 25.3 Å². The molecular formula is C17H21BrN2O. The molecule has 112 valence electrons. The highest BCUT2D eigenvalue weighted by molar-refractivity contribution is 9.10. The Kier molecular flexibility index (Phi) is 6.23. The van der Waals surface area contributed by atoms with E-state index in [-0.39, 0.29) is 6.04 Å². The zero-order valence-corrected chi connectivity index (χ0v) is 13.8. The number of benzene rings is 2. The van der Waals surface area contributed by atoms with Crippen LogP contribution in [0.5, 0.6) is 5.75 Å². The lowest BCUT2D eigenvalue weighted by atomic mass is 9.99. The fraction of sp³-hybridized carbons (Fsp3) is 0.294. The molecule has 0 fully saturated rings. The SMILES string of the molecule is COc1ccc(Br)c(C(CCCc2ccccc2)NN)c1. The fourth-order valence-electron chi connectivity index (χ4n) is 2.40. The molecule has 4 heteroatoms. The average Bonchev–Trinajstić information content (AvgIpc) is 2.53. The number of methoxy groups -OCH3 is 1. The van der Waals surface area contributed by atoms with Crippen LogP contribution in [-0.4, -0.2) is 7.11 Å². The van der Waals surface area contributed by atoms with Crippen molar-refractivity contribution in [1.82, 2.24) is 5.43 Å². The van der Waals surface area contributed by atoms with Gasteiger partial charge in [-0.1, -0.05) is 46.3 Å². The summed E-state index contributed by atoms with van der Waals surface area (Å²) in [5, 5.41) is 0. The maximum Gasteiger partial charge on any atom is 0.119 e. The zero-order valence-electron chi connectivity index (χ0n) is 12.2. The van der Waals surface area contributed by atoms with Crippen molar-refractivity contribution in [3.05, 3.63) is 64.1 Å². The summed E-state index contributed by atoms with van der Waals surface area (Å²) >= 11 is 3.59. The fourth-order valence-corrected chi connectivity index (χ4v) is 2.92. The van der Waals surface area contributed by atoms with Crippen LogP contribution in [0, 0.1) is 0 Å². The Balaban J connectivity index is 1.99. The standard InChI is InChI=1S/C17H21BrN2O/c1-21-14-10-11-16(18)15(12-14)17(20-19)9-5-8-13-6-3-2-4-7-13/h2-4,6-7,10-12,17,20H,5,8-9,19H2,1H3. The molecule has 0 heterocycles. The second-order valence-corrected chi connectivity index (χ2v) is 5.84. The minimum absolute atomic E-state index is 0.109. The molecule has 2 rings (SSSR count). The van der Waals surface area contributed by atoms with Gasteiger partial charge in [0.05, 0.1) is 7.11 Å². The van der Waals surface area contributed by atoms with Crippen LogP contribution in [0.25, 0.3) is 0 Å². The van der Waals surface area contributed by atoms with Gasteiger partial charge in [0.25, 0.3) is 0 Å². The summed E-state index contributed by atoms with van der Waals surface area (Å²) in [5.41, 5.74) is 5.40. The van der Waals surface area contributed by atoms with Gasteiger partial charge in [0.1, 0.15) is 5.75 Å². The number of ether oxygens (including phenoxy) is 1. The monoisotopic (exact) mass is 348 g/mol. The lowest BCUT2D eigenvalue weighted by Gasteiger charge is -2.18. The first-order valence-electron chi connectivity index (χ1n) is 7.08. The number of hydrogen-bond acceptors (Lipinski definition) is 3. The van der Waals surface area contributed by atoms with Crippen LogP contribution >= 0.6 is 15.9 Å². The number of hydrogen-bond donors (Lipinski definition) is 2. The molecule has 21 heavy (non-hydrogen) atoms. The second-order valence-electron chi connectivity index (χ2n) is 4.98. The van der Waals surface area contributed by atoms with E-state index in [4.69, 9.17) is 10.6 Å². The van der Waals surface area contributed by atoms with Gasteiger partial charge in [0, 0.05) is 10.5 Å². The van der Waals surface area contributed by atoms with E-state index in [0.29, 0.717) is 0 Å². The summed E-state index contributed by atoms with van der Waals surface area (Å²) in [6.07, 6.45) is 3.10. The van der Waals surface area contributed by atoms with Gasteiger partial charge >= 0.3 is 0 Å². The minimum atomic E-state index is 0.109. The number of nitrogens with two attached hydrogens (primary N) is 1. The maximum atomic E-state index is 5.73. The molecule has 2 aromatic rings. The highest BCUT2D eigenvalue weighted by atomic mass is 79.9. The highest BCUT2D eigenvalue weighted by Gasteiger charge is 2.14. The summed E-state index contributed by atoms with van der Waals surface area (Å²) < 4.78 is 6.34. The van der Waals surface area contributed by atoms with E-state index in [1.807, 2.05) is 24.3 Å². The van der Waals surface area contributed by atoms with Crippen molar-refractivity contribution in [1.29, 1.82) is 0 Å². The molecule has 0 spiro atoms. The lowest BCUT2D eigenvalue weighted by Crippen LogP contribution is -2.28. The van der Waals surface area contributed by atoms with Gasteiger partial charge in [0.15, 0.2) is 0 Å². The summed E-state index contributed by atoms with van der Waals surface area (Å²) in [6, 6.07) is 16.6. The molecule has 0 radical (unpaired) electrons. The van der Waals surface area contributed by atoms with E-state index >= 15 is 0 Å². The predicted octanol–water partition coefficient (Wildman–Crippen LogP) is 3.99. The van der Waals surface area contributed by atoms with E-state index in [9.17, 15) is 0 Å². The normalized spacial score (nSPS) is 12.1. The Morgan fingerprint density at radius 1 is 1.19 bits per heavy atom. The largest absolute Gasteiger partial charge is 0.497 e. The first-order chi connectivity index (χ1) is 10.2. The van der Waals surface area contributed by atoms with Crippen LogP contribution < -0.4 is 16.0 Å². The molecule has 0 aliphatic heterocycles. The van der Waals surface area contributed by atoms with Gasteiger partial charge in [-0.25, -0.2) is 0 Å².